The van der Waals surface area contributed by atoms with Crippen LogP contribution in [0.4, 0.5) is 23.1 Å². The third-order valence-corrected chi connectivity index (χ3v) is 6.02. The third kappa shape index (κ3) is 3.94. The van der Waals surface area contributed by atoms with E-state index in [1.54, 1.807) is 12.4 Å². The molecule has 3 N–H and O–H groups in total. The molecule has 0 aliphatic carbocycles. The number of para-hydroxylation sites is 1. The van der Waals surface area contributed by atoms with E-state index in [1.165, 1.54) is 5.30 Å². The number of hydrogen-bond acceptors (Lipinski definition) is 5. The lowest BCUT2D eigenvalue weighted by Crippen LogP contribution is -2.09. The number of rotatable bonds is 5. The lowest BCUT2D eigenvalue weighted by Gasteiger charge is -2.15. The van der Waals surface area contributed by atoms with Crippen molar-refractivity contribution in [2.75, 3.05) is 24.0 Å². The molecule has 0 bridgehead atoms. The number of aromatic amines is 1. The molecule has 8 heteroatoms. The smallest absolute Gasteiger partial charge is 0.229 e. The average Bonchev–Trinajstić information content (AvgIpc) is 3.12. The first-order valence-electron chi connectivity index (χ1n) is 8.36. The van der Waals surface area contributed by atoms with Gasteiger partial charge in [0.25, 0.3) is 0 Å². The van der Waals surface area contributed by atoms with E-state index in [4.69, 9.17) is 0 Å². The van der Waals surface area contributed by atoms with E-state index in [9.17, 15) is 0 Å². The van der Waals surface area contributed by atoms with E-state index in [0.717, 1.165) is 32.6 Å². The van der Waals surface area contributed by atoms with Crippen LogP contribution in [0.15, 0.2) is 59.3 Å². The first kappa shape index (κ1) is 17.9. The average molecular weight is 441 g/mol. The highest BCUT2D eigenvalue weighted by Crippen LogP contribution is 2.31. The monoisotopic (exact) mass is 440 g/mol. The Morgan fingerprint density at radius 2 is 1.89 bits per heavy atom. The van der Waals surface area contributed by atoms with Crippen molar-refractivity contribution in [2.45, 2.75) is 0 Å². The Balaban J connectivity index is 1.61. The second kappa shape index (κ2) is 7.62. The van der Waals surface area contributed by atoms with Crippen molar-refractivity contribution in [1.29, 1.82) is 0 Å². The van der Waals surface area contributed by atoms with Gasteiger partial charge >= 0.3 is 0 Å². The van der Waals surface area contributed by atoms with Gasteiger partial charge in [-0.05, 0) is 58.8 Å². The number of halogens is 1. The number of hydrogen-bond donors (Lipinski definition) is 3. The van der Waals surface area contributed by atoms with Gasteiger partial charge in [0.05, 0.1) is 16.2 Å². The highest BCUT2D eigenvalue weighted by atomic mass is 79.9. The van der Waals surface area contributed by atoms with Crippen molar-refractivity contribution in [3.63, 3.8) is 0 Å². The molecule has 2 aromatic heterocycles. The minimum absolute atomic E-state index is 0.228. The third-order valence-electron chi connectivity index (χ3n) is 4.08. The van der Waals surface area contributed by atoms with E-state index < -0.39 is 0 Å². The topological polar surface area (TPSA) is 78.5 Å². The minimum Gasteiger partial charge on any atom is -0.339 e. The first-order valence-corrected chi connectivity index (χ1v) is 11.4. The molecular weight excluding hydrogens is 423 g/mol. The van der Waals surface area contributed by atoms with E-state index in [0.29, 0.717) is 5.95 Å². The van der Waals surface area contributed by atoms with Crippen LogP contribution in [-0.4, -0.2) is 33.5 Å². The summed E-state index contributed by atoms with van der Waals surface area (Å²) < 4.78 is 0.809. The fourth-order valence-corrected chi connectivity index (χ4v) is 4.04. The number of nitrogens with zero attached hydrogens (tertiary/aromatic N) is 3. The van der Waals surface area contributed by atoms with Crippen LogP contribution < -0.4 is 15.9 Å². The molecule has 4 aromatic rings. The van der Waals surface area contributed by atoms with E-state index in [-0.39, 0.29) is 7.92 Å². The van der Waals surface area contributed by atoms with Crippen LogP contribution in [0.2, 0.25) is 0 Å². The predicted octanol–water partition coefficient (Wildman–Crippen LogP) is 4.97. The van der Waals surface area contributed by atoms with Crippen molar-refractivity contribution >= 4 is 63.2 Å². The molecule has 0 radical (unpaired) electrons. The molecular formula is C19H18BrN6P. The van der Waals surface area contributed by atoms with Gasteiger partial charge in [0.2, 0.25) is 5.95 Å². The minimum atomic E-state index is -0.228. The normalized spacial score (nSPS) is 11.1. The maximum Gasteiger partial charge on any atom is 0.229 e. The van der Waals surface area contributed by atoms with E-state index in [1.807, 2.05) is 24.3 Å². The Morgan fingerprint density at radius 3 is 2.74 bits per heavy atom. The Kier molecular flexibility index (Phi) is 5.05. The molecule has 0 amide bonds. The molecule has 2 aromatic carbocycles. The van der Waals surface area contributed by atoms with Gasteiger partial charge in [-0.25, -0.2) is 4.98 Å². The molecule has 0 aliphatic rings. The Hall–Kier alpha value is -2.50. The second-order valence-corrected chi connectivity index (χ2v) is 9.35. The number of anilines is 4. The van der Waals surface area contributed by atoms with Crippen molar-refractivity contribution < 1.29 is 0 Å². The summed E-state index contributed by atoms with van der Waals surface area (Å²) in [5.41, 5.74) is 2.92. The highest BCUT2D eigenvalue weighted by molar-refractivity contribution is 9.10. The standard InChI is InChI=1S/C19H18BrN6P/c1-27(2)17-6-4-3-5-15(17)24-18-14(20)11-21-19(25-18)23-13-8-7-12-10-22-26-16(12)9-13/h3-11H,1-2H3,(H,22,26)(H2,21,23,24,25). The van der Waals surface area contributed by atoms with Crippen LogP contribution in [0.5, 0.6) is 0 Å². The fourth-order valence-electron chi connectivity index (χ4n) is 2.76. The van der Waals surface area contributed by atoms with E-state index in [2.05, 4.69) is 78.3 Å². The van der Waals surface area contributed by atoms with Crippen molar-refractivity contribution in [2.24, 2.45) is 0 Å². The molecule has 0 atom stereocenters. The van der Waals surface area contributed by atoms with Crippen LogP contribution in [0.1, 0.15) is 0 Å². The number of nitrogens with one attached hydrogen (secondary N) is 3. The van der Waals surface area contributed by atoms with Crippen LogP contribution in [0.25, 0.3) is 10.9 Å². The summed E-state index contributed by atoms with van der Waals surface area (Å²) in [6.45, 7) is 4.48. The maximum atomic E-state index is 4.63. The van der Waals surface area contributed by atoms with Crippen LogP contribution in [0.3, 0.4) is 0 Å². The van der Waals surface area contributed by atoms with Gasteiger partial charge in [-0.15, -0.1) is 0 Å². The van der Waals surface area contributed by atoms with Crippen molar-refractivity contribution in [3.05, 3.63) is 59.3 Å². The Labute approximate surface area is 166 Å². The zero-order chi connectivity index (χ0) is 18.8. The molecule has 136 valence electrons. The zero-order valence-corrected chi connectivity index (χ0v) is 17.3. The SMILES string of the molecule is CP(C)c1ccccc1Nc1nc(Nc2ccc3cn[nH]c3c2)ncc1Br. The number of benzene rings is 2. The number of H-pyrrole nitrogens is 1. The summed E-state index contributed by atoms with van der Waals surface area (Å²) in [7, 11) is -0.228. The number of fused-ring (bicyclic) bond motifs is 1. The number of aromatic nitrogens is 4. The highest BCUT2D eigenvalue weighted by Gasteiger charge is 2.10. The Bertz CT molecular complexity index is 1090. The molecule has 0 saturated heterocycles. The summed E-state index contributed by atoms with van der Waals surface area (Å²) >= 11 is 3.54. The van der Waals surface area contributed by atoms with E-state index >= 15 is 0 Å². The van der Waals surface area contributed by atoms with Gasteiger partial charge in [-0.2, -0.15) is 10.1 Å². The summed E-state index contributed by atoms with van der Waals surface area (Å²) in [4.78, 5) is 9.00. The van der Waals surface area contributed by atoms with Crippen LogP contribution >= 0.6 is 23.9 Å². The molecule has 6 nitrogen and oxygen atoms in total. The Morgan fingerprint density at radius 1 is 1.04 bits per heavy atom. The predicted molar refractivity (Wildman–Crippen MR) is 117 cm³/mol. The molecule has 27 heavy (non-hydrogen) atoms. The molecule has 0 saturated carbocycles. The molecule has 0 aliphatic heterocycles. The second-order valence-electron chi connectivity index (χ2n) is 6.22. The first-order chi connectivity index (χ1) is 13.1. The lowest BCUT2D eigenvalue weighted by atomic mass is 10.2. The van der Waals surface area contributed by atoms with Gasteiger partial charge in [0.15, 0.2) is 0 Å². The quantitative estimate of drug-likeness (QED) is 0.381. The maximum absolute atomic E-state index is 4.63. The summed E-state index contributed by atoms with van der Waals surface area (Å²) in [5, 5.41) is 16.1. The fraction of sp³-hybridized carbons (Fsp3) is 0.105. The molecule has 0 spiro atoms. The molecule has 0 unspecified atom stereocenters. The zero-order valence-electron chi connectivity index (χ0n) is 14.9. The van der Waals surface area contributed by atoms with Crippen LogP contribution in [-0.2, 0) is 0 Å². The van der Waals surface area contributed by atoms with Gasteiger partial charge in [-0.3, -0.25) is 5.10 Å². The molecule has 0 fully saturated rings. The van der Waals surface area contributed by atoms with Crippen LogP contribution in [0, 0.1) is 0 Å². The van der Waals surface area contributed by atoms with Crippen molar-refractivity contribution in [1.82, 2.24) is 20.2 Å². The summed E-state index contributed by atoms with van der Waals surface area (Å²) in [6, 6.07) is 14.3. The van der Waals surface area contributed by atoms with Crippen molar-refractivity contribution in [3.8, 4) is 0 Å². The van der Waals surface area contributed by atoms with Gasteiger partial charge in [-0.1, -0.05) is 26.1 Å². The summed E-state index contributed by atoms with van der Waals surface area (Å²) in [5.74, 6) is 1.24. The largest absolute Gasteiger partial charge is 0.339 e. The van der Waals surface area contributed by atoms with Gasteiger partial charge in [0.1, 0.15) is 5.82 Å². The molecule has 4 rings (SSSR count). The van der Waals surface area contributed by atoms with Gasteiger partial charge in [0, 0.05) is 23.0 Å². The summed E-state index contributed by atoms with van der Waals surface area (Å²) in [6.07, 6.45) is 3.54. The lowest BCUT2D eigenvalue weighted by molar-refractivity contribution is 1.12. The molecule has 2 heterocycles. The van der Waals surface area contributed by atoms with Gasteiger partial charge < -0.3 is 10.6 Å².